The average molecular weight is 400 g/mol. The molecule has 2 aliphatic rings. The van der Waals surface area contributed by atoms with Crippen LogP contribution in [0.25, 0.3) is 0 Å². The van der Waals surface area contributed by atoms with Crippen LogP contribution < -0.4 is 5.32 Å². The third-order valence-electron chi connectivity index (χ3n) is 5.34. The molecule has 1 aromatic rings. The van der Waals surface area contributed by atoms with Crippen molar-refractivity contribution in [2.75, 3.05) is 12.3 Å². The lowest BCUT2D eigenvalue weighted by atomic mass is 9.73. The van der Waals surface area contributed by atoms with Crippen molar-refractivity contribution in [1.82, 2.24) is 5.32 Å². The van der Waals surface area contributed by atoms with Gasteiger partial charge in [0.05, 0.1) is 10.5 Å². The van der Waals surface area contributed by atoms with Crippen LogP contribution in [0.4, 0.5) is 0 Å². The van der Waals surface area contributed by atoms with E-state index in [1.807, 2.05) is 24.3 Å². The minimum absolute atomic E-state index is 0.00352. The number of sulfone groups is 1. The zero-order valence-electron chi connectivity index (χ0n) is 13.1. The molecular formula is C17H22BrNO3S. The van der Waals surface area contributed by atoms with Crippen molar-refractivity contribution in [3.05, 3.63) is 34.3 Å². The summed E-state index contributed by atoms with van der Waals surface area (Å²) in [5.74, 6) is -0.0560. The van der Waals surface area contributed by atoms with E-state index in [1.165, 1.54) is 0 Å². The molecule has 0 aromatic heterocycles. The second-order valence-corrected chi connectivity index (χ2v) is 9.95. The van der Waals surface area contributed by atoms with Gasteiger partial charge in [-0.25, -0.2) is 8.42 Å². The Morgan fingerprint density at radius 3 is 2.83 bits per heavy atom. The minimum Gasteiger partial charge on any atom is -0.355 e. The summed E-state index contributed by atoms with van der Waals surface area (Å²) in [5.41, 5.74) is 1.12. The van der Waals surface area contributed by atoms with Gasteiger partial charge in [0.2, 0.25) is 5.91 Å². The van der Waals surface area contributed by atoms with Crippen LogP contribution in [0, 0.1) is 5.92 Å². The predicted octanol–water partition coefficient (Wildman–Crippen LogP) is 2.86. The monoisotopic (exact) mass is 399 g/mol. The van der Waals surface area contributed by atoms with Crippen LogP contribution in [-0.2, 0) is 21.1 Å². The third-order valence-corrected chi connectivity index (χ3v) is 8.78. The Labute approximate surface area is 146 Å². The molecule has 23 heavy (non-hydrogen) atoms. The summed E-state index contributed by atoms with van der Waals surface area (Å²) >= 11 is 3.56. The molecule has 4 nitrogen and oxygen atoms in total. The lowest BCUT2D eigenvalue weighted by Crippen LogP contribution is -2.50. The Morgan fingerprint density at radius 2 is 2.04 bits per heavy atom. The predicted molar refractivity (Wildman–Crippen MR) is 93.9 cm³/mol. The number of carbonyl (C=O) groups is 1. The first-order valence-electron chi connectivity index (χ1n) is 8.17. The second kappa shape index (κ2) is 6.55. The van der Waals surface area contributed by atoms with Crippen molar-refractivity contribution in [3.8, 4) is 0 Å². The SMILES string of the molecule is O=C1CC2(CCCCC2Cc2ccccc2Br)S(=O)(=O)CCN1. The third kappa shape index (κ3) is 3.20. The molecule has 0 bridgehead atoms. The first-order chi connectivity index (χ1) is 10.9. The molecule has 1 aliphatic heterocycles. The lowest BCUT2D eigenvalue weighted by molar-refractivity contribution is -0.121. The van der Waals surface area contributed by atoms with E-state index >= 15 is 0 Å². The molecule has 1 amide bonds. The molecule has 1 N–H and O–H groups in total. The van der Waals surface area contributed by atoms with Gasteiger partial charge in [-0.05, 0) is 36.8 Å². The van der Waals surface area contributed by atoms with E-state index in [1.54, 1.807) is 0 Å². The molecule has 2 atom stereocenters. The molecule has 3 rings (SSSR count). The Kier molecular flexibility index (Phi) is 4.83. The van der Waals surface area contributed by atoms with Gasteiger partial charge in [0, 0.05) is 17.4 Å². The smallest absolute Gasteiger partial charge is 0.221 e. The highest BCUT2D eigenvalue weighted by Crippen LogP contribution is 2.45. The summed E-state index contributed by atoms with van der Waals surface area (Å²) in [5, 5.41) is 2.74. The van der Waals surface area contributed by atoms with Gasteiger partial charge in [0.15, 0.2) is 9.84 Å². The quantitative estimate of drug-likeness (QED) is 0.831. The fourth-order valence-electron chi connectivity index (χ4n) is 4.11. The molecule has 0 radical (unpaired) electrons. The molecule has 1 aromatic carbocycles. The van der Waals surface area contributed by atoms with E-state index in [2.05, 4.69) is 21.2 Å². The minimum atomic E-state index is -3.30. The van der Waals surface area contributed by atoms with Crippen molar-refractivity contribution < 1.29 is 13.2 Å². The maximum Gasteiger partial charge on any atom is 0.221 e. The number of nitrogens with one attached hydrogen (secondary N) is 1. The van der Waals surface area contributed by atoms with Gasteiger partial charge in [-0.1, -0.05) is 47.0 Å². The van der Waals surface area contributed by atoms with Crippen LogP contribution in [0.3, 0.4) is 0 Å². The summed E-state index contributed by atoms with van der Waals surface area (Å²) in [6, 6.07) is 7.96. The van der Waals surface area contributed by atoms with Crippen LogP contribution in [0.2, 0.25) is 0 Å². The largest absolute Gasteiger partial charge is 0.355 e. The topological polar surface area (TPSA) is 63.2 Å². The first-order valence-corrected chi connectivity index (χ1v) is 10.6. The van der Waals surface area contributed by atoms with Gasteiger partial charge in [-0.2, -0.15) is 0 Å². The summed E-state index contributed by atoms with van der Waals surface area (Å²) in [4.78, 5) is 12.1. The number of rotatable bonds is 2. The van der Waals surface area contributed by atoms with E-state index < -0.39 is 14.6 Å². The van der Waals surface area contributed by atoms with Crippen LogP contribution in [0.1, 0.15) is 37.7 Å². The molecular weight excluding hydrogens is 378 g/mol. The number of halogens is 1. The van der Waals surface area contributed by atoms with Crippen molar-refractivity contribution in [1.29, 1.82) is 0 Å². The zero-order chi connectivity index (χ0) is 16.5. The van der Waals surface area contributed by atoms with Gasteiger partial charge in [0.1, 0.15) is 0 Å². The first kappa shape index (κ1) is 17.0. The van der Waals surface area contributed by atoms with E-state index in [4.69, 9.17) is 0 Å². The van der Waals surface area contributed by atoms with Crippen LogP contribution in [0.5, 0.6) is 0 Å². The maximum atomic E-state index is 13.0. The zero-order valence-corrected chi connectivity index (χ0v) is 15.5. The number of hydrogen-bond acceptors (Lipinski definition) is 3. The van der Waals surface area contributed by atoms with Crippen LogP contribution in [0.15, 0.2) is 28.7 Å². The highest BCUT2D eigenvalue weighted by molar-refractivity contribution is 9.10. The van der Waals surface area contributed by atoms with Gasteiger partial charge in [-0.15, -0.1) is 0 Å². The Hall–Kier alpha value is -0.880. The van der Waals surface area contributed by atoms with Gasteiger partial charge < -0.3 is 5.32 Å². The second-order valence-electron chi connectivity index (χ2n) is 6.65. The lowest BCUT2D eigenvalue weighted by Gasteiger charge is -2.42. The molecule has 1 heterocycles. The number of benzene rings is 1. The molecule has 1 saturated carbocycles. The summed E-state index contributed by atoms with van der Waals surface area (Å²) in [6.45, 7) is 0.241. The highest BCUT2D eigenvalue weighted by atomic mass is 79.9. The van der Waals surface area contributed by atoms with Crippen molar-refractivity contribution >= 4 is 31.7 Å². The van der Waals surface area contributed by atoms with Gasteiger partial charge in [0.25, 0.3) is 0 Å². The summed E-state index contributed by atoms with van der Waals surface area (Å²) < 4.78 is 26.1. The van der Waals surface area contributed by atoms with E-state index in [9.17, 15) is 13.2 Å². The van der Waals surface area contributed by atoms with E-state index in [-0.39, 0.29) is 30.5 Å². The van der Waals surface area contributed by atoms with Crippen molar-refractivity contribution in [3.63, 3.8) is 0 Å². The van der Waals surface area contributed by atoms with Gasteiger partial charge >= 0.3 is 0 Å². The number of amides is 1. The van der Waals surface area contributed by atoms with Crippen molar-refractivity contribution in [2.45, 2.75) is 43.3 Å². The molecule has 1 spiro atoms. The van der Waals surface area contributed by atoms with E-state index in [0.29, 0.717) is 12.8 Å². The number of hydrogen-bond donors (Lipinski definition) is 1. The standard InChI is InChI=1S/C17H22BrNO3S/c18-15-7-2-1-5-13(15)11-14-6-3-4-8-17(14)12-16(20)19-9-10-23(17,21)22/h1-2,5,7,14H,3-4,6,8-12H2,(H,19,20). The van der Waals surface area contributed by atoms with Crippen LogP contribution >= 0.6 is 15.9 Å². The Bertz CT molecular complexity index is 704. The highest BCUT2D eigenvalue weighted by Gasteiger charge is 2.52. The summed E-state index contributed by atoms with van der Waals surface area (Å²) in [7, 11) is -3.30. The molecule has 2 unspecified atom stereocenters. The molecule has 2 fully saturated rings. The fraction of sp³-hybridized carbons (Fsp3) is 0.588. The molecule has 6 heteroatoms. The molecule has 1 aliphatic carbocycles. The molecule has 1 saturated heterocycles. The van der Waals surface area contributed by atoms with Gasteiger partial charge in [-0.3, -0.25) is 4.79 Å². The Morgan fingerprint density at radius 1 is 1.26 bits per heavy atom. The van der Waals surface area contributed by atoms with Crippen molar-refractivity contribution in [2.24, 2.45) is 5.92 Å². The number of carbonyl (C=O) groups excluding carboxylic acids is 1. The average Bonchev–Trinajstić information content (AvgIpc) is 2.61. The fourth-order valence-corrected chi connectivity index (χ4v) is 6.85. The summed E-state index contributed by atoms with van der Waals surface area (Å²) in [6.07, 6.45) is 4.22. The Balaban J connectivity index is 1.99. The molecule has 126 valence electrons. The van der Waals surface area contributed by atoms with Crippen LogP contribution in [-0.4, -0.2) is 31.4 Å². The van der Waals surface area contributed by atoms with E-state index in [0.717, 1.165) is 29.3 Å². The normalized spacial score (nSPS) is 30.7. The maximum absolute atomic E-state index is 13.0.